The van der Waals surface area contributed by atoms with Crippen LogP contribution in [-0.4, -0.2) is 6.08 Å². The van der Waals surface area contributed by atoms with Crippen LogP contribution >= 0.6 is 12.8 Å². The summed E-state index contributed by atoms with van der Waals surface area (Å²) in [6.45, 7) is 0. The molecule has 0 heterocycles. The van der Waals surface area contributed by atoms with E-state index in [0.717, 1.165) is 6.08 Å². The van der Waals surface area contributed by atoms with Gasteiger partial charge in [0, 0.05) is 0 Å². The normalized spacial score (nSPS) is 4.00. The van der Waals surface area contributed by atoms with Gasteiger partial charge in [0.2, 0.25) is 0 Å². The van der Waals surface area contributed by atoms with E-state index in [-0.39, 0.29) is 0 Å². The first kappa shape index (κ1) is 3.60. The van der Waals surface area contributed by atoms with Gasteiger partial charge in [-0.15, -0.1) is 0 Å². The van der Waals surface area contributed by atoms with Crippen LogP contribution in [0.4, 0.5) is 0 Å². The summed E-state index contributed by atoms with van der Waals surface area (Å²) >= 11 is 3.75. The van der Waals surface area contributed by atoms with Crippen LogP contribution in [-0.2, 0) is 4.79 Å². The Kier molecular flexibility index (Phi) is 2.34. The summed E-state index contributed by atoms with van der Waals surface area (Å²) in [7, 11) is 0. The van der Waals surface area contributed by atoms with Crippen molar-refractivity contribution < 1.29 is 4.79 Å². The molecule has 0 aromatic heterocycles. The van der Waals surface area contributed by atoms with Gasteiger partial charge in [0.05, 0.1) is 12.8 Å². The van der Waals surface area contributed by atoms with Crippen molar-refractivity contribution in [3.8, 4) is 0 Å². The molecule has 0 atom stereocenters. The van der Waals surface area contributed by atoms with Crippen LogP contribution in [0.2, 0.25) is 0 Å². The minimum atomic E-state index is 1.12. The predicted octanol–water partition coefficient (Wildman–Crippen LogP) is 0.435. The van der Waals surface area contributed by atoms with E-state index in [1.54, 1.807) is 0 Å². The Balaban J connectivity index is 3.11. The first-order valence-electron chi connectivity index (χ1n) is 0.610. The molecule has 2 nitrogen and oxygen atoms in total. The third-order valence-corrected chi connectivity index (χ3v) is 0.112. The van der Waals surface area contributed by atoms with E-state index in [1.807, 2.05) is 0 Å². The van der Waals surface area contributed by atoms with Gasteiger partial charge in [-0.3, -0.25) is 0 Å². The zero-order valence-corrected chi connectivity index (χ0v) is 2.58. The maximum atomic E-state index is 8.78. The van der Waals surface area contributed by atoms with Gasteiger partial charge in [-0.1, -0.05) is 4.40 Å². The third kappa shape index (κ3) is 1.60. The lowest BCUT2D eigenvalue weighted by Crippen LogP contribution is -1.26. The molecule has 0 spiro atoms. The molecule has 0 rings (SSSR count). The molecule has 0 N–H and O–H groups in total. The van der Waals surface area contributed by atoms with Gasteiger partial charge in [0.1, 0.15) is 0 Å². The maximum absolute atomic E-state index is 8.78. The Hall–Kier alpha value is -0.400. The molecular weight excluding hydrogens is 74.1 g/mol. The molecule has 0 aliphatic heterocycles. The molecule has 0 aromatic carbocycles. The van der Waals surface area contributed by atoms with Crippen molar-refractivity contribution in [3.63, 3.8) is 0 Å². The lowest BCUT2D eigenvalue weighted by Gasteiger charge is -1.30. The number of nitrogens with zero attached hydrogens (tertiary/aromatic N) is 1. The van der Waals surface area contributed by atoms with Gasteiger partial charge in [0.15, 0.2) is 0 Å². The number of carbonyl (C=O) groups excluding carboxylic acids is 1. The summed E-state index contributed by atoms with van der Waals surface area (Å²) in [5, 5.41) is 0. The molecule has 0 unspecified atom stereocenters. The van der Waals surface area contributed by atoms with Crippen molar-refractivity contribution in [2.75, 3.05) is 0 Å². The average molecular weight is 74.1 g/mol. The van der Waals surface area contributed by atoms with Crippen molar-refractivity contribution in [3.05, 3.63) is 0 Å². The van der Waals surface area contributed by atoms with Crippen LogP contribution in [0.1, 0.15) is 0 Å². The molecule has 0 amide bonds. The first-order valence-corrected chi connectivity index (χ1v) is 0.975. The fourth-order valence-corrected chi connectivity index (χ4v) is 0. The SMILES string of the molecule is O=C=N[S]. The molecule has 4 heavy (non-hydrogen) atoms. The summed E-state index contributed by atoms with van der Waals surface area (Å²) in [6.07, 6.45) is 1.12. The quantitative estimate of drug-likeness (QED) is 0.302. The second-order valence-corrected chi connectivity index (χ2v) is 0.365. The zero-order chi connectivity index (χ0) is 3.41. The largest absolute Gasteiger partial charge is 0.252 e. The molecule has 21 valence electrons. The van der Waals surface area contributed by atoms with Gasteiger partial charge in [0.25, 0.3) is 6.08 Å². The van der Waals surface area contributed by atoms with Crippen molar-refractivity contribution in [2.45, 2.75) is 0 Å². The Labute approximate surface area is 29.1 Å². The summed E-state index contributed by atoms with van der Waals surface area (Å²) in [4.78, 5) is 8.78. The minimum absolute atomic E-state index is 1.12. The summed E-state index contributed by atoms with van der Waals surface area (Å²) in [5.41, 5.74) is 0. The van der Waals surface area contributed by atoms with E-state index in [0.29, 0.717) is 0 Å². The predicted molar refractivity (Wildman–Crippen MR) is 15.7 cm³/mol. The number of rotatable bonds is 0. The lowest BCUT2D eigenvalue weighted by molar-refractivity contribution is 0.566. The molecule has 0 bridgehead atoms. The van der Waals surface area contributed by atoms with Gasteiger partial charge >= 0.3 is 0 Å². The van der Waals surface area contributed by atoms with Gasteiger partial charge in [-0.2, -0.15) is 0 Å². The van der Waals surface area contributed by atoms with Crippen LogP contribution in [0.15, 0.2) is 4.40 Å². The fourth-order valence-electron chi connectivity index (χ4n) is 0. The molecule has 3 heteroatoms. The van der Waals surface area contributed by atoms with Gasteiger partial charge < -0.3 is 0 Å². The second-order valence-electron chi connectivity index (χ2n) is 0.183. The molecule has 0 saturated heterocycles. The van der Waals surface area contributed by atoms with Crippen LogP contribution in [0.3, 0.4) is 0 Å². The smallest absolute Gasteiger partial charge is 0.210 e. The molecule has 0 aliphatic rings. The second kappa shape index (κ2) is 2.60. The number of hydrogen-bond acceptors (Lipinski definition) is 2. The molecule has 1 radical (unpaired) electrons. The molecule has 0 fully saturated rings. The Morgan fingerprint density at radius 3 is 2.25 bits per heavy atom. The molecule has 0 aromatic rings. The summed E-state index contributed by atoms with van der Waals surface area (Å²) in [6, 6.07) is 0. The monoisotopic (exact) mass is 74.0 g/mol. The topological polar surface area (TPSA) is 29.4 Å². The van der Waals surface area contributed by atoms with Gasteiger partial charge in [-0.25, -0.2) is 4.79 Å². The van der Waals surface area contributed by atoms with E-state index >= 15 is 0 Å². The molecule has 0 aliphatic carbocycles. The Bertz CT molecular complexity index is 46.0. The highest BCUT2D eigenvalue weighted by Gasteiger charge is 1.34. The average Bonchev–Trinajstić information content (AvgIpc) is 1.37. The zero-order valence-electron chi connectivity index (χ0n) is 1.76. The van der Waals surface area contributed by atoms with Crippen molar-refractivity contribution in [1.29, 1.82) is 0 Å². The van der Waals surface area contributed by atoms with Crippen molar-refractivity contribution >= 4 is 18.9 Å². The Morgan fingerprint density at radius 2 is 2.25 bits per heavy atom. The van der Waals surface area contributed by atoms with Crippen LogP contribution in [0.5, 0.6) is 0 Å². The molecule has 0 saturated carbocycles. The van der Waals surface area contributed by atoms with Crippen LogP contribution in [0.25, 0.3) is 0 Å². The van der Waals surface area contributed by atoms with Crippen molar-refractivity contribution in [2.24, 2.45) is 4.40 Å². The minimum Gasteiger partial charge on any atom is -0.210 e. The highest BCUT2D eigenvalue weighted by Crippen LogP contribution is 1.58. The van der Waals surface area contributed by atoms with E-state index in [2.05, 4.69) is 17.2 Å². The number of isocyanates is 1. The van der Waals surface area contributed by atoms with Crippen LogP contribution < -0.4 is 0 Å². The van der Waals surface area contributed by atoms with E-state index in [9.17, 15) is 0 Å². The Morgan fingerprint density at radius 1 is 2.00 bits per heavy atom. The summed E-state index contributed by atoms with van der Waals surface area (Å²) in [5.74, 6) is 0. The highest BCUT2D eigenvalue weighted by atomic mass is 32.1. The fraction of sp³-hybridized carbons (Fsp3) is 0. The number of hydrogen-bond donors (Lipinski definition) is 0. The third-order valence-electron chi connectivity index (χ3n) is 0.0373. The van der Waals surface area contributed by atoms with E-state index < -0.39 is 0 Å². The van der Waals surface area contributed by atoms with Gasteiger partial charge in [-0.05, 0) is 0 Å². The summed E-state index contributed by atoms with van der Waals surface area (Å²) < 4.78 is 2.51. The van der Waals surface area contributed by atoms with Crippen LogP contribution in [0, 0.1) is 0 Å². The highest BCUT2D eigenvalue weighted by molar-refractivity contribution is 7.78. The van der Waals surface area contributed by atoms with E-state index in [4.69, 9.17) is 4.79 Å². The van der Waals surface area contributed by atoms with E-state index in [1.165, 1.54) is 0 Å². The first-order chi connectivity index (χ1) is 1.91. The molecular formula is CNOS. The standard InChI is InChI=1S/CNOS/c3-1-2-4. The lowest BCUT2D eigenvalue weighted by atomic mass is 11.7. The van der Waals surface area contributed by atoms with Crippen molar-refractivity contribution in [1.82, 2.24) is 0 Å². The maximum Gasteiger partial charge on any atom is 0.252 e.